The normalized spacial score (nSPS) is 26.9. The highest BCUT2D eigenvalue weighted by atomic mass is 35.5. The fraction of sp³-hybridized carbons (Fsp3) is 0.923. The zero-order valence-electron chi connectivity index (χ0n) is 11.6. The van der Waals surface area contributed by atoms with E-state index in [-0.39, 0.29) is 30.3 Å². The van der Waals surface area contributed by atoms with Crippen molar-refractivity contribution >= 4 is 30.1 Å². The van der Waals surface area contributed by atoms with E-state index in [4.69, 9.17) is 5.73 Å². The van der Waals surface area contributed by atoms with E-state index in [0.717, 1.165) is 19.3 Å². The maximum absolute atomic E-state index is 12.0. The Kier molecular flexibility index (Phi) is 9.09. The van der Waals surface area contributed by atoms with Crippen LogP contribution >= 0.6 is 24.2 Å². The summed E-state index contributed by atoms with van der Waals surface area (Å²) in [5.74, 6) is 0.293. The lowest BCUT2D eigenvalue weighted by molar-refractivity contribution is -0.124. The molecule has 1 aliphatic rings. The SMILES string of the molecule is CCC(C)C(N)C(=O)NC1CCCC(SC)C1.Cl. The van der Waals surface area contributed by atoms with Crippen LogP contribution in [0.4, 0.5) is 0 Å². The van der Waals surface area contributed by atoms with Crippen molar-refractivity contribution in [1.82, 2.24) is 5.32 Å². The fourth-order valence-corrected chi connectivity index (χ4v) is 3.13. The fourth-order valence-electron chi connectivity index (χ4n) is 2.30. The minimum Gasteiger partial charge on any atom is -0.352 e. The van der Waals surface area contributed by atoms with E-state index < -0.39 is 0 Å². The molecule has 1 rings (SSSR count). The summed E-state index contributed by atoms with van der Waals surface area (Å²) in [6.07, 6.45) is 7.81. The molecule has 4 unspecified atom stereocenters. The van der Waals surface area contributed by atoms with Gasteiger partial charge < -0.3 is 11.1 Å². The van der Waals surface area contributed by atoms with Gasteiger partial charge in [0.2, 0.25) is 5.91 Å². The van der Waals surface area contributed by atoms with E-state index in [9.17, 15) is 4.79 Å². The second-order valence-electron chi connectivity index (χ2n) is 5.14. The molecule has 3 nitrogen and oxygen atoms in total. The van der Waals surface area contributed by atoms with Crippen molar-refractivity contribution in [1.29, 1.82) is 0 Å². The smallest absolute Gasteiger partial charge is 0.237 e. The molecule has 0 spiro atoms. The molecule has 108 valence electrons. The van der Waals surface area contributed by atoms with Crippen LogP contribution in [0.1, 0.15) is 46.0 Å². The first-order valence-corrected chi connectivity index (χ1v) is 7.96. The number of amides is 1. The zero-order valence-corrected chi connectivity index (χ0v) is 13.3. The van der Waals surface area contributed by atoms with E-state index >= 15 is 0 Å². The second-order valence-corrected chi connectivity index (χ2v) is 6.28. The molecule has 0 aliphatic heterocycles. The van der Waals surface area contributed by atoms with Gasteiger partial charge in [0.1, 0.15) is 0 Å². The van der Waals surface area contributed by atoms with Crippen LogP contribution in [-0.2, 0) is 4.79 Å². The van der Waals surface area contributed by atoms with Gasteiger partial charge in [-0.2, -0.15) is 11.8 Å². The number of hydrogen-bond donors (Lipinski definition) is 2. The summed E-state index contributed by atoms with van der Waals surface area (Å²) < 4.78 is 0. The van der Waals surface area contributed by atoms with E-state index in [1.165, 1.54) is 12.8 Å². The van der Waals surface area contributed by atoms with Crippen LogP contribution in [-0.4, -0.2) is 29.5 Å². The lowest BCUT2D eigenvalue weighted by Gasteiger charge is -2.30. The van der Waals surface area contributed by atoms with Gasteiger partial charge in [-0.25, -0.2) is 0 Å². The predicted molar refractivity (Wildman–Crippen MR) is 82.4 cm³/mol. The van der Waals surface area contributed by atoms with Crippen LogP contribution in [0, 0.1) is 5.92 Å². The molecule has 1 amide bonds. The largest absolute Gasteiger partial charge is 0.352 e. The Bertz CT molecular complexity index is 253. The molecule has 0 radical (unpaired) electrons. The molecule has 0 heterocycles. The van der Waals surface area contributed by atoms with E-state index in [1.807, 2.05) is 18.7 Å². The summed E-state index contributed by atoms with van der Waals surface area (Å²) in [6, 6.07) is -0.0153. The van der Waals surface area contributed by atoms with Gasteiger partial charge in [0.05, 0.1) is 6.04 Å². The summed E-state index contributed by atoms with van der Waals surface area (Å²) >= 11 is 1.91. The molecule has 5 heteroatoms. The average molecular weight is 295 g/mol. The number of halogens is 1. The van der Waals surface area contributed by atoms with Gasteiger partial charge in [-0.1, -0.05) is 26.7 Å². The van der Waals surface area contributed by atoms with Gasteiger partial charge in [-0.3, -0.25) is 4.79 Å². The molecule has 0 aromatic heterocycles. The molecule has 1 saturated carbocycles. The molecule has 1 aliphatic carbocycles. The standard InChI is InChI=1S/C13H26N2OS.ClH/c1-4-9(2)12(14)13(16)15-10-6-5-7-11(8-10)17-3;/h9-12H,4-8,14H2,1-3H3,(H,15,16);1H. The van der Waals surface area contributed by atoms with E-state index in [0.29, 0.717) is 11.3 Å². The first-order chi connectivity index (χ1) is 8.08. The van der Waals surface area contributed by atoms with Crippen LogP contribution in [0.2, 0.25) is 0 Å². The molecule has 0 aromatic carbocycles. The van der Waals surface area contributed by atoms with Gasteiger partial charge in [0.15, 0.2) is 0 Å². The maximum Gasteiger partial charge on any atom is 0.237 e. The first kappa shape index (κ1) is 18.1. The Balaban J connectivity index is 0.00000289. The van der Waals surface area contributed by atoms with E-state index in [2.05, 4.69) is 18.5 Å². The number of carbonyl (C=O) groups is 1. The van der Waals surface area contributed by atoms with Crippen molar-refractivity contribution in [2.75, 3.05) is 6.26 Å². The minimum absolute atomic E-state index is 0. The number of rotatable bonds is 5. The third-order valence-electron chi connectivity index (χ3n) is 3.87. The van der Waals surface area contributed by atoms with Crippen LogP contribution in [0.15, 0.2) is 0 Å². The lowest BCUT2D eigenvalue weighted by atomic mass is 9.93. The number of carbonyl (C=O) groups excluding carboxylic acids is 1. The van der Waals surface area contributed by atoms with Crippen molar-refractivity contribution in [3.05, 3.63) is 0 Å². The van der Waals surface area contributed by atoms with Crippen LogP contribution in [0.3, 0.4) is 0 Å². The van der Waals surface area contributed by atoms with E-state index in [1.54, 1.807) is 0 Å². The van der Waals surface area contributed by atoms with Crippen molar-refractivity contribution < 1.29 is 4.79 Å². The van der Waals surface area contributed by atoms with Gasteiger partial charge in [-0.05, 0) is 31.4 Å². The highest BCUT2D eigenvalue weighted by molar-refractivity contribution is 7.99. The molecule has 0 aromatic rings. The third kappa shape index (κ3) is 5.37. The Hall–Kier alpha value is 0.0700. The Morgan fingerprint density at radius 1 is 1.50 bits per heavy atom. The number of nitrogens with two attached hydrogens (primary N) is 1. The molecule has 1 fully saturated rings. The van der Waals surface area contributed by atoms with Gasteiger partial charge in [-0.15, -0.1) is 12.4 Å². The molecule has 0 saturated heterocycles. The highest BCUT2D eigenvalue weighted by Crippen LogP contribution is 2.26. The van der Waals surface area contributed by atoms with Gasteiger partial charge in [0, 0.05) is 11.3 Å². The van der Waals surface area contributed by atoms with Gasteiger partial charge in [0.25, 0.3) is 0 Å². The van der Waals surface area contributed by atoms with Crippen LogP contribution in [0.25, 0.3) is 0 Å². The lowest BCUT2D eigenvalue weighted by Crippen LogP contribution is -2.49. The van der Waals surface area contributed by atoms with Crippen molar-refractivity contribution in [3.8, 4) is 0 Å². The monoisotopic (exact) mass is 294 g/mol. The molecular weight excluding hydrogens is 268 g/mol. The Morgan fingerprint density at radius 3 is 2.72 bits per heavy atom. The number of thioether (sulfide) groups is 1. The summed E-state index contributed by atoms with van der Waals surface area (Å²) in [6.45, 7) is 4.11. The van der Waals surface area contributed by atoms with Crippen molar-refractivity contribution in [2.45, 2.75) is 63.3 Å². The average Bonchev–Trinajstić information content (AvgIpc) is 2.37. The Labute approximate surface area is 121 Å². The minimum atomic E-state index is -0.352. The maximum atomic E-state index is 12.0. The quantitative estimate of drug-likeness (QED) is 0.819. The topological polar surface area (TPSA) is 55.1 Å². The molecule has 18 heavy (non-hydrogen) atoms. The summed E-state index contributed by atoms with van der Waals surface area (Å²) in [5.41, 5.74) is 5.94. The zero-order chi connectivity index (χ0) is 12.8. The highest BCUT2D eigenvalue weighted by Gasteiger charge is 2.26. The van der Waals surface area contributed by atoms with Crippen LogP contribution in [0.5, 0.6) is 0 Å². The molecular formula is C13H27ClN2OS. The third-order valence-corrected chi connectivity index (χ3v) is 4.96. The molecule has 4 atom stereocenters. The summed E-state index contributed by atoms with van der Waals surface area (Å²) in [4.78, 5) is 12.0. The summed E-state index contributed by atoms with van der Waals surface area (Å²) in [7, 11) is 0. The van der Waals surface area contributed by atoms with Crippen molar-refractivity contribution in [2.24, 2.45) is 11.7 Å². The molecule has 3 N–H and O–H groups in total. The Morgan fingerprint density at radius 2 is 2.17 bits per heavy atom. The van der Waals surface area contributed by atoms with Crippen LogP contribution < -0.4 is 11.1 Å². The molecule has 0 bridgehead atoms. The first-order valence-electron chi connectivity index (χ1n) is 6.67. The second kappa shape index (κ2) is 9.05. The summed E-state index contributed by atoms with van der Waals surface area (Å²) in [5, 5.41) is 3.82. The van der Waals surface area contributed by atoms with Crippen molar-refractivity contribution in [3.63, 3.8) is 0 Å². The number of nitrogens with one attached hydrogen (secondary N) is 1. The predicted octanol–water partition coefficient (Wildman–Crippen LogP) is 2.57. The van der Waals surface area contributed by atoms with Gasteiger partial charge >= 0.3 is 0 Å². The number of hydrogen-bond acceptors (Lipinski definition) is 3.